The molecule has 1 aliphatic carbocycles. The van der Waals surface area contributed by atoms with Crippen LogP contribution >= 0.6 is 0 Å². The molecule has 1 aromatic heterocycles. The standard InChI is InChI=1S/C27H36BN5O4/c1-16-13-30-26(33-24(16)31-21-10-8-7-9-19(21)12-29)32-22-11-20(25(34)35-6)23(18(3)17(22)2)28-36-14-27(4,5)15-37-28/h11,13,19,21H,7-10,14-15H2,1-6H3,(H2,30,31,32,33). The van der Waals surface area contributed by atoms with E-state index >= 15 is 0 Å². The predicted octanol–water partition coefficient (Wildman–Crippen LogP) is 4.19. The minimum atomic E-state index is -0.648. The number of benzene rings is 1. The molecule has 1 aromatic carbocycles. The van der Waals surface area contributed by atoms with Gasteiger partial charge in [0.15, 0.2) is 0 Å². The second-order valence-corrected chi connectivity index (χ2v) is 10.9. The van der Waals surface area contributed by atoms with Gasteiger partial charge < -0.3 is 24.7 Å². The molecule has 0 bridgehead atoms. The molecule has 0 spiro atoms. The highest BCUT2D eigenvalue weighted by atomic mass is 16.6. The van der Waals surface area contributed by atoms with E-state index in [1.54, 1.807) is 12.3 Å². The summed E-state index contributed by atoms with van der Waals surface area (Å²) in [4.78, 5) is 22.0. The van der Waals surface area contributed by atoms with E-state index in [-0.39, 0.29) is 17.4 Å². The number of ether oxygens (including phenoxy) is 1. The lowest BCUT2D eigenvalue weighted by Gasteiger charge is -2.34. The van der Waals surface area contributed by atoms with Crippen LogP contribution in [0.1, 0.15) is 66.6 Å². The molecule has 1 aliphatic heterocycles. The van der Waals surface area contributed by atoms with E-state index in [1.165, 1.54) is 7.11 Å². The van der Waals surface area contributed by atoms with Crippen molar-refractivity contribution in [3.8, 4) is 6.07 Å². The molecule has 10 heteroatoms. The summed E-state index contributed by atoms with van der Waals surface area (Å²) in [6.45, 7) is 11.1. The highest BCUT2D eigenvalue weighted by Crippen LogP contribution is 2.30. The van der Waals surface area contributed by atoms with Gasteiger partial charge in [0.25, 0.3) is 0 Å². The summed E-state index contributed by atoms with van der Waals surface area (Å²) in [5.41, 5.74) is 4.36. The van der Waals surface area contributed by atoms with Crippen LogP contribution in [0.15, 0.2) is 12.3 Å². The molecule has 2 aliphatic rings. The van der Waals surface area contributed by atoms with Crippen molar-refractivity contribution < 1.29 is 18.8 Å². The van der Waals surface area contributed by atoms with Gasteiger partial charge in [0, 0.05) is 47.6 Å². The van der Waals surface area contributed by atoms with Crippen molar-refractivity contribution in [2.75, 3.05) is 31.0 Å². The van der Waals surface area contributed by atoms with Gasteiger partial charge in [-0.05, 0) is 50.8 Å². The van der Waals surface area contributed by atoms with E-state index in [9.17, 15) is 10.1 Å². The fourth-order valence-electron chi connectivity index (χ4n) is 4.91. The van der Waals surface area contributed by atoms with Gasteiger partial charge in [-0.1, -0.05) is 26.7 Å². The highest BCUT2D eigenvalue weighted by molar-refractivity contribution is 6.63. The second-order valence-electron chi connectivity index (χ2n) is 10.9. The second kappa shape index (κ2) is 11.1. The molecule has 37 heavy (non-hydrogen) atoms. The van der Waals surface area contributed by atoms with Gasteiger partial charge in [-0.2, -0.15) is 10.2 Å². The largest absolute Gasteiger partial charge is 0.495 e. The number of hydrogen-bond donors (Lipinski definition) is 2. The Morgan fingerprint density at radius 3 is 2.57 bits per heavy atom. The van der Waals surface area contributed by atoms with Gasteiger partial charge in [0.2, 0.25) is 5.95 Å². The third-order valence-electron chi connectivity index (χ3n) is 7.31. The van der Waals surface area contributed by atoms with Crippen molar-refractivity contribution in [2.45, 2.75) is 66.3 Å². The number of nitrogens with one attached hydrogen (secondary N) is 2. The number of methoxy groups -OCH3 is 1. The topological polar surface area (TPSA) is 118 Å². The van der Waals surface area contributed by atoms with E-state index < -0.39 is 13.1 Å². The quantitative estimate of drug-likeness (QED) is 0.440. The van der Waals surface area contributed by atoms with Crippen LogP contribution in [0.3, 0.4) is 0 Å². The van der Waals surface area contributed by atoms with Crippen LogP contribution in [0, 0.1) is 43.4 Å². The first-order chi connectivity index (χ1) is 17.6. The Morgan fingerprint density at radius 2 is 1.89 bits per heavy atom. The molecular weight excluding hydrogens is 469 g/mol. The smallest absolute Gasteiger partial charge is 0.465 e. The summed E-state index contributed by atoms with van der Waals surface area (Å²) in [6, 6.07) is 4.25. The molecule has 2 N–H and O–H groups in total. The van der Waals surface area contributed by atoms with Crippen LogP contribution in [0.2, 0.25) is 0 Å². The fourth-order valence-corrected chi connectivity index (χ4v) is 4.91. The lowest BCUT2D eigenvalue weighted by atomic mass is 9.70. The zero-order valence-corrected chi connectivity index (χ0v) is 22.6. The van der Waals surface area contributed by atoms with E-state index in [1.807, 2.05) is 20.8 Å². The van der Waals surface area contributed by atoms with Crippen LogP contribution in [-0.4, -0.2) is 49.4 Å². The summed E-state index contributed by atoms with van der Waals surface area (Å²) >= 11 is 0. The number of nitrogens with zero attached hydrogens (tertiary/aromatic N) is 3. The number of hydrogen-bond acceptors (Lipinski definition) is 9. The Balaban J connectivity index is 1.64. The minimum Gasteiger partial charge on any atom is -0.465 e. The van der Waals surface area contributed by atoms with Gasteiger partial charge in [0.05, 0.1) is 24.7 Å². The van der Waals surface area contributed by atoms with Crippen LogP contribution < -0.4 is 16.1 Å². The van der Waals surface area contributed by atoms with Crippen LogP contribution in [0.25, 0.3) is 0 Å². The lowest BCUT2D eigenvalue weighted by molar-refractivity contribution is 0.0339. The molecule has 196 valence electrons. The Kier molecular flexibility index (Phi) is 8.05. The van der Waals surface area contributed by atoms with Crippen LogP contribution in [0.5, 0.6) is 0 Å². The number of aromatic nitrogens is 2. The summed E-state index contributed by atoms with van der Waals surface area (Å²) in [5, 5.41) is 16.3. The van der Waals surface area contributed by atoms with Crippen molar-refractivity contribution in [1.82, 2.24) is 9.97 Å². The molecular formula is C27H36BN5O4. The van der Waals surface area contributed by atoms with Crippen molar-refractivity contribution in [2.24, 2.45) is 11.3 Å². The number of esters is 1. The molecule has 1 saturated carbocycles. The van der Waals surface area contributed by atoms with E-state index in [2.05, 4.69) is 35.5 Å². The molecule has 9 nitrogen and oxygen atoms in total. The van der Waals surface area contributed by atoms with Crippen molar-refractivity contribution in [1.29, 1.82) is 5.26 Å². The number of carbonyl (C=O) groups excluding carboxylic acids is 1. The number of rotatable bonds is 6. The molecule has 0 amide bonds. The molecule has 4 rings (SSSR count). The predicted molar refractivity (Wildman–Crippen MR) is 143 cm³/mol. The number of aryl methyl sites for hydroxylation is 1. The molecule has 1 saturated heterocycles. The first-order valence-electron chi connectivity index (χ1n) is 12.9. The fraction of sp³-hybridized carbons (Fsp3) is 0.556. The van der Waals surface area contributed by atoms with Crippen molar-refractivity contribution in [3.05, 3.63) is 34.5 Å². The van der Waals surface area contributed by atoms with Crippen molar-refractivity contribution >= 4 is 36.0 Å². The first kappa shape index (κ1) is 26.9. The zero-order valence-electron chi connectivity index (χ0n) is 22.6. The SMILES string of the molecule is COC(=O)c1cc(Nc2ncc(C)c(NC3CCCCC3C#N)n2)c(C)c(C)c1B1OCC(C)(C)CO1. The molecule has 2 unspecified atom stereocenters. The van der Waals surface area contributed by atoms with Crippen LogP contribution in [0.4, 0.5) is 17.5 Å². The van der Waals surface area contributed by atoms with Gasteiger partial charge in [-0.15, -0.1) is 0 Å². The Hall–Kier alpha value is -3.16. The van der Waals surface area contributed by atoms with Gasteiger partial charge in [-0.3, -0.25) is 0 Å². The average Bonchev–Trinajstić information content (AvgIpc) is 2.89. The summed E-state index contributed by atoms with van der Waals surface area (Å²) in [7, 11) is 0.714. The zero-order chi connectivity index (χ0) is 26.7. The van der Waals surface area contributed by atoms with Gasteiger partial charge in [0.1, 0.15) is 5.82 Å². The Bertz CT molecular complexity index is 1200. The number of anilines is 3. The van der Waals surface area contributed by atoms with Gasteiger partial charge in [-0.25, -0.2) is 9.78 Å². The third kappa shape index (κ3) is 5.89. The maximum Gasteiger partial charge on any atom is 0.495 e. The highest BCUT2D eigenvalue weighted by Gasteiger charge is 2.38. The molecule has 0 radical (unpaired) electrons. The Labute approximate surface area is 219 Å². The number of nitriles is 1. The maximum atomic E-state index is 12.8. The van der Waals surface area contributed by atoms with Gasteiger partial charge >= 0.3 is 13.1 Å². The maximum absolute atomic E-state index is 12.8. The summed E-state index contributed by atoms with van der Waals surface area (Å²) in [5.74, 6) is 0.602. The monoisotopic (exact) mass is 505 g/mol. The summed E-state index contributed by atoms with van der Waals surface area (Å²) in [6.07, 6.45) is 5.77. The van der Waals surface area contributed by atoms with Crippen molar-refractivity contribution in [3.63, 3.8) is 0 Å². The average molecular weight is 505 g/mol. The lowest BCUT2D eigenvalue weighted by Crippen LogP contribution is -2.50. The van der Waals surface area contributed by atoms with Crippen LogP contribution in [-0.2, 0) is 14.0 Å². The first-order valence-corrected chi connectivity index (χ1v) is 12.9. The normalized spacial score (nSPS) is 21.2. The number of carbonyl (C=O) groups is 1. The summed E-state index contributed by atoms with van der Waals surface area (Å²) < 4.78 is 17.1. The molecule has 2 heterocycles. The molecule has 2 fully saturated rings. The van der Waals surface area contributed by atoms with E-state index in [4.69, 9.17) is 19.0 Å². The molecule has 2 aromatic rings. The Morgan fingerprint density at radius 1 is 1.19 bits per heavy atom. The third-order valence-corrected chi connectivity index (χ3v) is 7.31. The van der Waals surface area contributed by atoms with E-state index in [0.717, 1.165) is 42.4 Å². The van der Waals surface area contributed by atoms with E-state index in [0.29, 0.717) is 41.7 Å². The minimum absolute atomic E-state index is 0.0330. The molecule has 2 atom stereocenters.